The summed E-state index contributed by atoms with van der Waals surface area (Å²) in [5, 5.41) is 3.10. The van der Waals surface area contributed by atoms with Crippen LogP contribution in [0.3, 0.4) is 0 Å². The van der Waals surface area contributed by atoms with Crippen LogP contribution in [-0.2, 0) is 0 Å². The average Bonchev–Trinajstić information content (AvgIpc) is 2.38. The van der Waals surface area contributed by atoms with Gasteiger partial charge in [-0.3, -0.25) is 0 Å². The minimum atomic E-state index is 0.750. The molecule has 0 aliphatic rings. The molecule has 3 aromatic carbocycles. The van der Waals surface area contributed by atoms with E-state index in [2.05, 4.69) is 30.8 Å². The quantitative estimate of drug-likeness (QED) is 0.559. The summed E-state index contributed by atoms with van der Waals surface area (Å²) < 4.78 is 0. The zero-order valence-corrected chi connectivity index (χ0v) is 11.2. The summed E-state index contributed by atoms with van der Waals surface area (Å²) in [6.07, 6.45) is 0. The van der Waals surface area contributed by atoms with Crippen LogP contribution in [0.15, 0.2) is 65.6 Å². The number of benzene rings is 3. The van der Waals surface area contributed by atoms with E-state index in [-0.39, 0.29) is 0 Å². The lowest BCUT2D eigenvalue weighted by Crippen LogP contribution is -1.83. The van der Waals surface area contributed by atoms with Crippen molar-refractivity contribution in [2.75, 3.05) is 0 Å². The van der Waals surface area contributed by atoms with E-state index in [0.717, 1.165) is 26.4 Å². The van der Waals surface area contributed by atoms with Crippen molar-refractivity contribution in [2.45, 2.75) is 4.90 Å². The molecule has 0 atom stereocenters. The van der Waals surface area contributed by atoms with Crippen molar-refractivity contribution < 1.29 is 0 Å². The highest BCUT2D eigenvalue weighted by Gasteiger charge is 2.07. The number of halogens is 1. The van der Waals surface area contributed by atoms with Crippen LogP contribution in [0.5, 0.6) is 0 Å². The third-order valence-electron chi connectivity index (χ3n) is 3.02. The number of hydrogen-bond acceptors (Lipinski definition) is 1. The molecule has 0 nitrogen and oxygen atoms in total. The lowest BCUT2D eigenvalue weighted by atomic mass is 9.98. The minimum absolute atomic E-state index is 0.750. The molecule has 0 aromatic heterocycles. The van der Waals surface area contributed by atoms with Gasteiger partial charge in [-0.1, -0.05) is 54.1 Å². The maximum absolute atomic E-state index is 6.20. The SMILES string of the molecule is Sc1ccccc1-c1cc(Cl)cc2ccccc12. The third-order valence-corrected chi connectivity index (χ3v) is 3.63. The molecule has 0 aliphatic carbocycles. The fourth-order valence-corrected chi connectivity index (χ4v) is 2.71. The molecule has 0 bridgehead atoms. The second-order valence-corrected chi connectivity index (χ2v) is 5.11. The van der Waals surface area contributed by atoms with Gasteiger partial charge in [0.1, 0.15) is 0 Å². The largest absolute Gasteiger partial charge is 0.143 e. The molecule has 88 valence electrons. The molecular formula is C16H11ClS. The summed E-state index contributed by atoms with van der Waals surface area (Å²) in [5.41, 5.74) is 2.24. The lowest BCUT2D eigenvalue weighted by molar-refractivity contribution is 1.47. The van der Waals surface area contributed by atoms with Crippen LogP contribution in [-0.4, -0.2) is 0 Å². The van der Waals surface area contributed by atoms with Gasteiger partial charge in [-0.15, -0.1) is 12.6 Å². The molecule has 0 amide bonds. The van der Waals surface area contributed by atoms with Gasteiger partial charge >= 0.3 is 0 Å². The van der Waals surface area contributed by atoms with Crippen LogP contribution >= 0.6 is 24.2 Å². The normalized spacial score (nSPS) is 10.8. The van der Waals surface area contributed by atoms with Gasteiger partial charge in [0.15, 0.2) is 0 Å². The predicted octanol–water partition coefficient (Wildman–Crippen LogP) is 5.45. The Labute approximate surface area is 117 Å². The van der Waals surface area contributed by atoms with Gasteiger partial charge in [-0.2, -0.15) is 0 Å². The van der Waals surface area contributed by atoms with E-state index in [0.29, 0.717) is 0 Å². The summed E-state index contributed by atoms with van der Waals surface area (Å²) in [7, 11) is 0. The van der Waals surface area contributed by atoms with Gasteiger partial charge in [0.2, 0.25) is 0 Å². The van der Waals surface area contributed by atoms with Crippen LogP contribution in [0.25, 0.3) is 21.9 Å². The van der Waals surface area contributed by atoms with Crippen molar-refractivity contribution in [2.24, 2.45) is 0 Å². The lowest BCUT2D eigenvalue weighted by Gasteiger charge is -2.10. The number of thiol groups is 1. The Morgan fingerprint density at radius 1 is 0.778 bits per heavy atom. The van der Waals surface area contributed by atoms with Crippen molar-refractivity contribution in [1.82, 2.24) is 0 Å². The van der Waals surface area contributed by atoms with E-state index >= 15 is 0 Å². The van der Waals surface area contributed by atoms with E-state index in [9.17, 15) is 0 Å². The summed E-state index contributed by atoms with van der Waals surface area (Å²) in [4.78, 5) is 0.963. The van der Waals surface area contributed by atoms with Crippen LogP contribution in [0.2, 0.25) is 5.02 Å². The predicted molar refractivity (Wildman–Crippen MR) is 81.6 cm³/mol. The highest BCUT2D eigenvalue weighted by molar-refractivity contribution is 7.80. The maximum Gasteiger partial charge on any atom is 0.0418 e. The van der Waals surface area contributed by atoms with Crippen LogP contribution in [0, 0.1) is 0 Å². The Balaban J connectivity index is 2.39. The van der Waals surface area contributed by atoms with Gasteiger partial charge < -0.3 is 0 Å². The molecule has 0 radical (unpaired) electrons. The van der Waals surface area contributed by atoms with E-state index < -0.39 is 0 Å². The van der Waals surface area contributed by atoms with Gasteiger partial charge in [-0.25, -0.2) is 0 Å². The van der Waals surface area contributed by atoms with Crippen LogP contribution in [0.4, 0.5) is 0 Å². The molecule has 0 saturated heterocycles. The molecule has 0 aliphatic heterocycles. The number of rotatable bonds is 1. The Morgan fingerprint density at radius 3 is 2.33 bits per heavy atom. The van der Waals surface area contributed by atoms with Gasteiger partial charge in [0.05, 0.1) is 0 Å². The molecule has 0 unspecified atom stereocenters. The average molecular weight is 271 g/mol. The molecule has 18 heavy (non-hydrogen) atoms. The van der Waals surface area contributed by atoms with Gasteiger partial charge in [0.25, 0.3) is 0 Å². The minimum Gasteiger partial charge on any atom is -0.143 e. The summed E-state index contributed by atoms with van der Waals surface area (Å²) in [5.74, 6) is 0. The standard InChI is InChI=1S/C16H11ClS/c17-12-9-11-5-1-2-6-13(11)15(10-12)14-7-3-4-8-16(14)18/h1-10,18H. The topological polar surface area (TPSA) is 0 Å². The Bertz CT molecular complexity index is 719. The molecule has 0 fully saturated rings. The molecule has 0 N–H and O–H groups in total. The Hall–Kier alpha value is -1.44. The molecule has 0 spiro atoms. The van der Waals surface area contributed by atoms with Crippen LogP contribution in [0.1, 0.15) is 0 Å². The monoisotopic (exact) mass is 270 g/mol. The highest BCUT2D eigenvalue weighted by Crippen LogP contribution is 2.34. The maximum atomic E-state index is 6.20. The third kappa shape index (κ3) is 2.00. The first-order chi connectivity index (χ1) is 8.75. The zero-order chi connectivity index (χ0) is 12.5. The molecule has 3 aromatic rings. The van der Waals surface area contributed by atoms with E-state index in [1.807, 2.05) is 42.5 Å². The molecule has 0 heterocycles. The molecule has 2 heteroatoms. The summed E-state index contributed by atoms with van der Waals surface area (Å²) in [6, 6.07) is 20.3. The number of fused-ring (bicyclic) bond motifs is 1. The molecule has 0 saturated carbocycles. The van der Waals surface area contributed by atoms with Gasteiger partial charge in [-0.05, 0) is 40.1 Å². The van der Waals surface area contributed by atoms with Crippen molar-refractivity contribution in [1.29, 1.82) is 0 Å². The first-order valence-electron chi connectivity index (χ1n) is 5.72. The molecule has 3 rings (SSSR count). The smallest absolute Gasteiger partial charge is 0.0418 e. The van der Waals surface area contributed by atoms with Crippen molar-refractivity contribution in [3.05, 3.63) is 65.7 Å². The first-order valence-corrected chi connectivity index (χ1v) is 6.55. The second kappa shape index (κ2) is 4.68. The van der Waals surface area contributed by atoms with E-state index in [4.69, 9.17) is 11.6 Å². The summed E-state index contributed by atoms with van der Waals surface area (Å²) >= 11 is 10.7. The van der Waals surface area contributed by atoms with Crippen molar-refractivity contribution in [3.63, 3.8) is 0 Å². The van der Waals surface area contributed by atoms with E-state index in [1.165, 1.54) is 5.39 Å². The Morgan fingerprint density at radius 2 is 1.50 bits per heavy atom. The number of hydrogen-bond donors (Lipinski definition) is 1. The fourth-order valence-electron chi connectivity index (χ4n) is 2.20. The second-order valence-electron chi connectivity index (χ2n) is 4.19. The van der Waals surface area contributed by atoms with E-state index in [1.54, 1.807) is 0 Å². The Kier molecular flexibility index (Phi) is 3.02. The molecular weight excluding hydrogens is 260 g/mol. The van der Waals surface area contributed by atoms with Crippen LogP contribution < -0.4 is 0 Å². The zero-order valence-electron chi connectivity index (χ0n) is 9.60. The fraction of sp³-hybridized carbons (Fsp3) is 0. The van der Waals surface area contributed by atoms with Gasteiger partial charge in [0, 0.05) is 9.92 Å². The highest BCUT2D eigenvalue weighted by atomic mass is 35.5. The summed E-state index contributed by atoms with van der Waals surface area (Å²) in [6.45, 7) is 0. The van der Waals surface area contributed by atoms with Crippen molar-refractivity contribution in [3.8, 4) is 11.1 Å². The first kappa shape index (κ1) is 11.6. The van der Waals surface area contributed by atoms with Crippen molar-refractivity contribution >= 4 is 35.0 Å².